The second kappa shape index (κ2) is 5.84. The lowest BCUT2D eigenvalue weighted by Crippen LogP contribution is -2.15. The van der Waals surface area contributed by atoms with Gasteiger partial charge < -0.3 is 15.6 Å². The van der Waals surface area contributed by atoms with Gasteiger partial charge >= 0.3 is 5.97 Å². The molecule has 0 amide bonds. The third-order valence-corrected chi connectivity index (χ3v) is 2.68. The smallest absolute Gasteiger partial charge is 0.303 e. The molecule has 0 saturated heterocycles. The van der Waals surface area contributed by atoms with Gasteiger partial charge in [0, 0.05) is 23.0 Å². The van der Waals surface area contributed by atoms with Crippen LogP contribution in [0.4, 0.5) is 4.39 Å². The first-order chi connectivity index (χ1) is 7.97. The molecule has 4 nitrogen and oxygen atoms in total. The molecule has 0 radical (unpaired) electrons. The Kier molecular flexibility index (Phi) is 4.72. The van der Waals surface area contributed by atoms with Crippen molar-refractivity contribution in [2.75, 3.05) is 7.11 Å². The van der Waals surface area contributed by atoms with Gasteiger partial charge in [0.25, 0.3) is 0 Å². The molecule has 0 spiro atoms. The van der Waals surface area contributed by atoms with E-state index in [4.69, 9.17) is 27.2 Å². The average molecular weight is 262 g/mol. The van der Waals surface area contributed by atoms with E-state index in [0.29, 0.717) is 0 Å². The number of nitrogens with two attached hydrogens (primary N) is 1. The van der Waals surface area contributed by atoms with Crippen LogP contribution in [0.25, 0.3) is 0 Å². The fraction of sp³-hybridized carbons (Fsp3) is 0.364. The van der Waals surface area contributed by atoms with Gasteiger partial charge in [-0.2, -0.15) is 0 Å². The standard InChI is InChI=1S/C11H13ClFNO3/c1-17-8-4-2-6(12)10(11(8)13)7(14)3-5-9(15)16/h2,4,7H,3,5,14H2,1H3,(H,15,16). The molecule has 0 bridgehead atoms. The van der Waals surface area contributed by atoms with Crippen LogP contribution in [0.5, 0.6) is 5.75 Å². The largest absolute Gasteiger partial charge is 0.494 e. The van der Waals surface area contributed by atoms with Crippen molar-refractivity contribution in [2.24, 2.45) is 5.73 Å². The molecule has 0 aliphatic rings. The van der Waals surface area contributed by atoms with E-state index in [-0.39, 0.29) is 29.2 Å². The lowest BCUT2D eigenvalue weighted by atomic mass is 10.0. The van der Waals surface area contributed by atoms with E-state index in [1.54, 1.807) is 0 Å². The lowest BCUT2D eigenvalue weighted by Gasteiger charge is -2.15. The van der Waals surface area contributed by atoms with Gasteiger partial charge in [-0.1, -0.05) is 11.6 Å². The molecule has 3 N–H and O–H groups in total. The molecule has 0 fully saturated rings. The van der Waals surface area contributed by atoms with Crippen molar-refractivity contribution in [1.82, 2.24) is 0 Å². The van der Waals surface area contributed by atoms with Gasteiger partial charge in [0.15, 0.2) is 11.6 Å². The summed E-state index contributed by atoms with van der Waals surface area (Å²) in [5, 5.41) is 8.71. The van der Waals surface area contributed by atoms with Crippen molar-refractivity contribution in [1.29, 1.82) is 0 Å². The number of hydrogen-bond donors (Lipinski definition) is 2. The van der Waals surface area contributed by atoms with Crippen LogP contribution in [0.15, 0.2) is 12.1 Å². The first-order valence-corrected chi connectivity index (χ1v) is 5.34. The number of methoxy groups -OCH3 is 1. The number of ether oxygens (including phenoxy) is 1. The monoisotopic (exact) mass is 261 g/mol. The Labute approximate surface area is 103 Å². The number of carboxylic acid groups (broad SMARTS) is 1. The maximum atomic E-state index is 13.9. The highest BCUT2D eigenvalue weighted by atomic mass is 35.5. The van der Waals surface area contributed by atoms with E-state index in [1.165, 1.54) is 19.2 Å². The first kappa shape index (κ1) is 13.7. The van der Waals surface area contributed by atoms with Crippen LogP contribution >= 0.6 is 11.6 Å². The molecule has 0 heterocycles. The molecule has 6 heteroatoms. The van der Waals surface area contributed by atoms with Crippen LogP contribution in [0, 0.1) is 5.82 Å². The number of rotatable bonds is 5. The Hall–Kier alpha value is -1.33. The van der Waals surface area contributed by atoms with Crippen LogP contribution in [-0.2, 0) is 4.79 Å². The highest BCUT2D eigenvalue weighted by Crippen LogP contribution is 2.32. The van der Waals surface area contributed by atoms with Crippen molar-refractivity contribution in [3.8, 4) is 5.75 Å². The molecular weight excluding hydrogens is 249 g/mol. The summed E-state index contributed by atoms with van der Waals surface area (Å²) in [4.78, 5) is 10.4. The van der Waals surface area contributed by atoms with Crippen LogP contribution < -0.4 is 10.5 Å². The summed E-state index contributed by atoms with van der Waals surface area (Å²) in [6.45, 7) is 0. The first-order valence-electron chi connectivity index (χ1n) is 4.96. The molecule has 94 valence electrons. The Morgan fingerprint density at radius 3 is 2.82 bits per heavy atom. The number of aliphatic carboxylic acids is 1. The fourth-order valence-electron chi connectivity index (χ4n) is 1.47. The number of carboxylic acids is 1. The van der Waals surface area contributed by atoms with Gasteiger partial charge in [-0.15, -0.1) is 0 Å². The van der Waals surface area contributed by atoms with Gasteiger partial charge in [-0.05, 0) is 18.6 Å². The van der Waals surface area contributed by atoms with Crippen molar-refractivity contribution < 1.29 is 19.0 Å². The van der Waals surface area contributed by atoms with Crippen molar-refractivity contribution in [3.63, 3.8) is 0 Å². The second-order valence-corrected chi connectivity index (χ2v) is 3.92. The zero-order valence-corrected chi connectivity index (χ0v) is 10.00. The van der Waals surface area contributed by atoms with Gasteiger partial charge in [0.2, 0.25) is 0 Å². The molecule has 0 aromatic heterocycles. The minimum Gasteiger partial charge on any atom is -0.494 e. The molecule has 17 heavy (non-hydrogen) atoms. The van der Waals surface area contributed by atoms with E-state index in [0.717, 1.165) is 0 Å². The van der Waals surface area contributed by atoms with E-state index in [2.05, 4.69) is 0 Å². The van der Waals surface area contributed by atoms with Crippen LogP contribution in [-0.4, -0.2) is 18.2 Å². The maximum Gasteiger partial charge on any atom is 0.303 e. The highest BCUT2D eigenvalue weighted by molar-refractivity contribution is 6.31. The summed E-state index contributed by atoms with van der Waals surface area (Å²) in [7, 11) is 1.33. The minimum absolute atomic E-state index is 0.0372. The van der Waals surface area contributed by atoms with Crippen LogP contribution in [0.1, 0.15) is 24.4 Å². The maximum absolute atomic E-state index is 13.9. The zero-order valence-electron chi connectivity index (χ0n) is 9.24. The van der Waals surface area contributed by atoms with Crippen molar-refractivity contribution in [3.05, 3.63) is 28.5 Å². The van der Waals surface area contributed by atoms with E-state index in [1.807, 2.05) is 0 Å². The highest BCUT2D eigenvalue weighted by Gasteiger charge is 2.19. The molecule has 1 aromatic carbocycles. The van der Waals surface area contributed by atoms with E-state index < -0.39 is 17.8 Å². The Bertz CT molecular complexity index is 425. The Balaban J connectivity index is 2.99. The molecule has 0 aliphatic heterocycles. The van der Waals surface area contributed by atoms with Crippen LogP contribution in [0.3, 0.4) is 0 Å². The number of halogens is 2. The van der Waals surface area contributed by atoms with E-state index >= 15 is 0 Å². The minimum atomic E-state index is -0.986. The third-order valence-electron chi connectivity index (χ3n) is 2.35. The fourth-order valence-corrected chi connectivity index (χ4v) is 1.76. The van der Waals surface area contributed by atoms with Crippen molar-refractivity contribution in [2.45, 2.75) is 18.9 Å². The Morgan fingerprint density at radius 2 is 2.29 bits per heavy atom. The lowest BCUT2D eigenvalue weighted by molar-refractivity contribution is -0.137. The van der Waals surface area contributed by atoms with E-state index in [9.17, 15) is 9.18 Å². The molecule has 1 unspecified atom stereocenters. The number of carbonyl (C=O) groups is 1. The van der Waals surface area contributed by atoms with Gasteiger partial charge in [-0.3, -0.25) is 4.79 Å². The summed E-state index contributed by atoms with van der Waals surface area (Å²) >= 11 is 5.85. The summed E-state index contributed by atoms with van der Waals surface area (Å²) in [6, 6.07) is 2.10. The van der Waals surface area contributed by atoms with Gasteiger partial charge in [0.05, 0.1) is 7.11 Å². The summed E-state index contributed by atoms with van der Waals surface area (Å²) in [5.74, 6) is -1.59. The van der Waals surface area contributed by atoms with Gasteiger partial charge in [0.1, 0.15) is 0 Å². The van der Waals surface area contributed by atoms with Crippen molar-refractivity contribution >= 4 is 17.6 Å². The predicted octanol–water partition coefficient (Wildman–Crippen LogP) is 2.35. The van der Waals surface area contributed by atoms with Gasteiger partial charge in [-0.25, -0.2) is 4.39 Å². The molecule has 1 rings (SSSR count). The quantitative estimate of drug-likeness (QED) is 0.853. The summed E-state index contributed by atoms with van der Waals surface area (Å²) in [6.07, 6.45) is -0.0344. The summed E-state index contributed by atoms with van der Waals surface area (Å²) in [5.41, 5.74) is 5.82. The molecule has 1 atom stereocenters. The normalized spacial score (nSPS) is 12.2. The third kappa shape index (κ3) is 3.31. The molecule has 0 saturated carbocycles. The predicted molar refractivity (Wildman–Crippen MR) is 61.8 cm³/mol. The second-order valence-electron chi connectivity index (χ2n) is 3.52. The van der Waals surface area contributed by atoms with Crippen LogP contribution in [0.2, 0.25) is 5.02 Å². The zero-order chi connectivity index (χ0) is 13.0. The molecular formula is C11H13ClFNO3. The number of hydrogen-bond acceptors (Lipinski definition) is 3. The molecule has 0 aliphatic carbocycles. The summed E-state index contributed by atoms with van der Waals surface area (Å²) < 4.78 is 18.7. The average Bonchev–Trinajstić information content (AvgIpc) is 2.26. The topological polar surface area (TPSA) is 72.5 Å². The SMILES string of the molecule is COc1ccc(Cl)c(C(N)CCC(=O)O)c1F. The molecule has 1 aromatic rings. The Morgan fingerprint density at radius 1 is 1.65 bits per heavy atom. The number of benzene rings is 1.